The molecule has 0 saturated carbocycles. The summed E-state index contributed by atoms with van der Waals surface area (Å²) < 4.78 is 5.55. The van der Waals surface area contributed by atoms with Crippen molar-refractivity contribution in [2.45, 2.75) is 83.0 Å². The lowest BCUT2D eigenvalue weighted by molar-refractivity contribution is -0.137. The molecule has 0 aromatic rings. The van der Waals surface area contributed by atoms with Crippen LogP contribution in [0.15, 0.2) is 36.5 Å². The van der Waals surface area contributed by atoms with Gasteiger partial charge in [-0.3, -0.25) is 4.79 Å². The standard InChI is InChI=1S/C20H32O4/c1-2-3-4-5-6-10-13-18-19(24-18)16-15-17(21)12-9-7-8-11-14-20(22)23/h6-7,9-10,15-19,21H,2-5,8,11-14H2,1H3,(H,22,23)/b9-7+,10-6+,16-15+/t17-,18-,19-/m0/s1. The first-order valence-corrected chi connectivity index (χ1v) is 9.17. The van der Waals surface area contributed by atoms with Crippen molar-refractivity contribution in [1.29, 1.82) is 0 Å². The summed E-state index contributed by atoms with van der Waals surface area (Å²) in [6, 6.07) is 0. The van der Waals surface area contributed by atoms with E-state index in [2.05, 4.69) is 19.1 Å². The van der Waals surface area contributed by atoms with Crippen LogP contribution in [0.1, 0.15) is 64.7 Å². The Morgan fingerprint density at radius 2 is 1.88 bits per heavy atom. The van der Waals surface area contributed by atoms with Gasteiger partial charge in [0.15, 0.2) is 0 Å². The SMILES string of the molecule is CCCCC/C=C/C[C@@H]1O[C@H]1/C=C/[C@@H](O)C/C=C/CCCC(=O)O. The molecule has 1 heterocycles. The largest absolute Gasteiger partial charge is 0.481 e. The van der Waals surface area contributed by atoms with Crippen LogP contribution in [0.25, 0.3) is 0 Å². The van der Waals surface area contributed by atoms with Gasteiger partial charge in [-0.1, -0.05) is 56.2 Å². The van der Waals surface area contributed by atoms with Crippen LogP contribution in [-0.2, 0) is 9.53 Å². The van der Waals surface area contributed by atoms with E-state index >= 15 is 0 Å². The summed E-state index contributed by atoms with van der Waals surface area (Å²) in [6.07, 6.45) is 19.9. The van der Waals surface area contributed by atoms with E-state index in [0.717, 1.165) is 19.3 Å². The molecule has 4 heteroatoms. The van der Waals surface area contributed by atoms with Crippen LogP contribution in [0.5, 0.6) is 0 Å². The van der Waals surface area contributed by atoms with E-state index in [4.69, 9.17) is 9.84 Å². The van der Waals surface area contributed by atoms with Crippen LogP contribution in [-0.4, -0.2) is 34.5 Å². The van der Waals surface area contributed by atoms with Crippen molar-refractivity contribution in [3.8, 4) is 0 Å². The van der Waals surface area contributed by atoms with E-state index < -0.39 is 12.1 Å². The molecule has 0 aromatic carbocycles. The molecule has 0 unspecified atom stereocenters. The number of aliphatic carboxylic acids is 1. The minimum atomic E-state index is -0.763. The number of hydrogen-bond acceptors (Lipinski definition) is 3. The second kappa shape index (κ2) is 13.0. The van der Waals surface area contributed by atoms with Gasteiger partial charge in [-0.15, -0.1) is 0 Å². The number of ether oxygens (including phenoxy) is 1. The Morgan fingerprint density at radius 3 is 2.62 bits per heavy atom. The molecule has 1 saturated heterocycles. The molecule has 0 amide bonds. The molecule has 1 aliphatic heterocycles. The zero-order valence-electron chi connectivity index (χ0n) is 14.8. The minimum absolute atomic E-state index is 0.138. The highest BCUT2D eigenvalue weighted by Crippen LogP contribution is 2.27. The number of aliphatic hydroxyl groups excluding tert-OH is 1. The number of rotatable bonds is 14. The first-order valence-electron chi connectivity index (χ1n) is 9.17. The van der Waals surface area contributed by atoms with Gasteiger partial charge in [0.1, 0.15) is 6.10 Å². The highest BCUT2D eigenvalue weighted by molar-refractivity contribution is 5.66. The van der Waals surface area contributed by atoms with Crippen molar-refractivity contribution in [2.75, 3.05) is 0 Å². The maximum Gasteiger partial charge on any atom is 0.303 e. The summed E-state index contributed by atoms with van der Waals surface area (Å²) in [7, 11) is 0. The van der Waals surface area contributed by atoms with E-state index in [-0.39, 0.29) is 18.6 Å². The number of unbranched alkanes of at least 4 members (excludes halogenated alkanes) is 4. The first-order chi connectivity index (χ1) is 11.6. The number of carbonyl (C=O) groups is 1. The lowest BCUT2D eigenvalue weighted by atomic mass is 10.1. The molecule has 1 aliphatic rings. The Labute approximate surface area is 145 Å². The van der Waals surface area contributed by atoms with Gasteiger partial charge in [0.05, 0.1) is 12.2 Å². The average Bonchev–Trinajstić information content (AvgIpc) is 3.30. The van der Waals surface area contributed by atoms with E-state index in [0.29, 0.717) is 12.8 Å². The normalized spacial score (nSPS) is 21.9. The molecule has 0 aliphatic carbocycles. The fourth-order valence-electron chi connectivity index (χ4n) is 2.42. The number of carboxylic acid groups (broad SMARTS) is 1. The van der Waals surface area contributed by atoms with Gasteiger partial charge in [-0.25, -0.2) is 0 Å². The monoisotopic (exact) mass is 336 g/mol. The summed E-state index contributed by atoms with van der Waals surface area (Å²) in [5.74, 6) is -0.763. The Hall–Kier alpha value is -1.39. The smallest absolute Gasteiger partial charge is 0.303 e. The second-order valence-corrected chi connectivity index (χ2v) is 6.29. The number of allylic oxidation sites excluding steroid dienone is 2. The fraction of sp³-hybridized carbons (Fsp3) is 0.650. The van der Waals surface area contributed by atoms with E-state index in [1.165, 1.54) is 19.3 Å². The maximum atomic E-state index is 10.4. The highest BCUT2D eigenvalue weighted by Gasteiger charge is 2.34. The molecule has 0 aromatic heterocycles. The van der Waals surface area contributed by atoms with Crippen LogP contribution >= 0.6 is 0 Å². The van der Waals surface area contributed by atoms with Crippen LogP contribution in [0.2, 0.25) is 0 Å². The minimum Gasteiger partial charge on any atom is -0.481 e. The summed E-state index contributed by atoms with van der Waals surface area (Å²) in [5, 5.41) is 18.4. The molecule has 3 atom stereocenters. The van der Waals surface area contributed by atoms with Crippen molar-refractivity contribution in [3.63, 3.8) is 0 Å². The molecule has 24 heavy (non-hydrogen) atoms. The molecule has 1 rings (SSSR count). The number of carboxylic acids is 1. The third kappa shape index (κ3) is 11.2. The molecular weight excluding hydrogens is 304 g/mol. The predicted molar refractivity (Wildman–Crippen MR) is 97.0 cm³/mol. The highest BCUT2D eigenvalue weighted by atomic mass is 16.6. The Balaban J connectivity index is 2.04. The van der Waals surface area contributed by atoms with Gasteiger partial charge in [0.2, 0.25) is 0 Å². The molecule has 4 nitrogen and oxygen atoms in total. The van der Waals surface area contributed by atoms with Crippen molar-refractivity contribution in [2.24, 2.45) is 0 Å². The number of epoxide rings is 1. The lowest BCUT2D eigenvalue weighted by Crippen LogP contribution is -2.00. The van der Waals surface area contributed by atoms with Crippen LogP contribution in [0.4, 0.5) is 0 Å². The van der Waals surface area contributed by atoms with Crippen LogP contribution < -0.4 is 0 Å². The molecule has 1 fully saturated rings. The van der Waals surface area contributed by atoms with Crippen molar-refractivity contribution in [1.82, 2.24) is 0 Å². The Morgan fingerprint density at radius 1 is 1.12 bits per heavy atom. The topological polar surface area (TPSA) is 70.1 Å². The molecule has 0 bridgehead atoms. The predicted octanol–water partition coefficient (Wildman–Crippen LogP) is 4.40. The summed E-state index contributed by atoms with van der Waals surface area (Å²) in [5.41, 5.74) is 0. The van der Waals surface area contributed by atoms with Gasteiger partial charge in [-0.2, -0.15) is 0 Å². The Bertz CT molecular complexity index is 425. The van der Waals surface area contributed by atoms with Gasteiger partial charge >= 0.3 is 5.97 Å². The Kier molecular flexibility index (Phi) is 11.2. The molecule has 0 spiro atoms. The van der Waals surface area contributed by atoms with Gasteiger partial charge in [-0.05, 0) is 38.5 Å². The summed E-state index contributed by atoms with van der Waals surface area (Å²) in [4.78, 5) is 10.4. The van der Waals surface area contributed by atoms with Gasteiger partial charge in [0, 0.05) is 6.42 Å². The first kappa shape index (κ1) is 20.7. The number of aliphatic hydroxyl groups is 1. The zero-order valence-corrected chi connectivity index (χ0v) is 14.8. The van der Waals surface area contributed by atoms with E-state index in [1.54, 1.807) is 6.08 Å². The fourth-order valence-corrected chi connectivity index (χ4v) is 2.42. The van der Waals surface area contributed by atoms with Crippen LogP contribution in [0.3, 0.4) is 0 Å². The summed E-state index contributed by atoms with van der Waals surface area (Å²) in [6.45, 7) is 2.21. The summed E-state index contributed by atoms with van der Waals surface area (Å²) >= 11 is 0. The molecular formula is C20H32O4. The van der Waals surface area contributed by atoms with E-state index in [9.17, 15) is 9.90 Å². The third-order valence-electron chi connectivity index (χ3n) is 3.96. The quantitative estimate of drug-likeness (QED) is 0.280. The number of hydrogen-bond donors (Lipinski definition) is 2. The second-order valence-electron chi connectivity index (χ2n) is 6.29. The molecule has 136 valence electrons. The van der Waals surface area contributed by atoms with Crippen LogP contribution in [0, 0.1) is 0 Å². The van der Waals surface area contributed by atoms with Crippen molar-refractivity contribution >= 4 is 5.97 Å². The molecule has 0 radical (unpaired) electrons. The third-order valence-corrected chi connectivity index (χ3v) is 3.96. The lowest BCUT2D eigenvalue weighted by Gasteiger charge is -1.99. The zero-order chi connectivity index (χ0) is 17.6. The van der Waals surface area contributed by atoms with Crippen molar-refractivity contribution < 1.29 is 19.7 Å². The molecule has 2 N–H and O–H groups in total. The van der Waals surface area contributed by atoms with Crippen molar-refractivity contribution in [3.05, 3.63) is 36.5 Å². The maximum absolute atomic E-state index is 10.4. The van der Waals surface area contributed by atoms with Gasteiger partial charge in [0.25, 0.3) is 0 Å². The van der Waals surface area contributed by atoms with E-state index in [1.807, 2.05) is 18.2 Å². The van der Waals surface area contributed by atoms with Gasteiger partial charge < -0.3 is 14.9 Å². The average molecular weight is 336 g/mol.